The van der Waals surface area contributed by atoms with E-state index in [1.54, 1.807) is 0 Å². The van der Waals surface area contributed by atoms with Crippen molar-refractivity contribution in [2.24, 2.45) is 0 Å². The van der Waals surface area contributed by atoms with Crippen molar-refractivity contribution < 1.29 is 18.8 Å². The number of hydrogen-bond acceptors (Lipinski definition) is 5. The molecule has 35 heavy (non-hydrogen) atoms. The van der Waals surface area contributed by atoms with Crippen LogP contribution in [0.1, 0.15) is 44.7 Å². The molecule has 2 fully saturated rings. The zero-order chi connectivity index (χ0) is 25.1. The molecule has 2 saturated heterocycles. The molecule has 3 atom stereocenters. The van der Waals surface area contributed by atoms with Crippen LogP contribution in [-0.2, 0) is 27.2 Å². The molecule has 2 heterocycles. The lowest BCUT2D eigenvalue weighted by Crippen LogP contribution is -2.45. The van der Waals surface area contributed by atoms with Crippen LogP contribution < -0.4 is 0 Å². The van der Waals surface area contributed by atoms with Gasteiger partial charge in [-0.2, -0.15) is 5.06 Å². The average molecular weight is 497 g/mol. The van der Waals surface area contributed by atoms with Gasteiger partial charge in [-0.05, 0) is 42.1 Å². The number of hydrogen-bond donors (Lipinski definition) is 0. The Bertz CT molecular complexity index is 964. The summed E-state index contributed by atoms with van der Waals surface area (Å²) in [6.07, 6.45) is 1.31. The normalized spacial score (nSPS) is 23.6. The summed E-state index contributed by atoms with van der Waals surface area (Å²) >= 11 is 0. The molecule has 0 unspecified atom stereocenters. The quantitative estimate of drug-likeness (QED) is 0.441. The van der Waals surface area contributed by atoms with Crippen LogP contribution in [-0.4, -0.2) is 55.7 Å². The Morgan fingerprint density at radius 3 is 2.29 bits per heavy atom. The van der Waals surface area contributed by atoms with Crippen LogP contribution in [0.4, 0.5) is 4.79 Å². The summed E-state index contributed by atoms with van der Waals surface area (Å²) in [5.41, 5.74) is 2.20. The molecule has 0 spiro atoms. The lowest BCUT2D eigenvalue weighted by molar-refractivity contribution is -0.165. The zero-order valence-corrected chi connectivity index (χ0v) is 22.8. The Morgan fingerprint density at radius 2 is 1.66 bits per heavy atom. The molecule has 4 rings (SSSR count). The van der Waals surface area contributed by atoms with Crippen LogP contribution in [0, 0.1) is 0 Å². The predicted molar refractivity (Wildman–Crippen MR) is 140 cm³/mol. The topological polar surface area (TPSA) is 51.2 Å². The van der Waals surface area contributed by atoms with E-state index in [1.165, 1.54) is 5.56 Å². The molecular weight excluding hydrogens is 456 g/mol. The number of benzene rings is 2. The molecule has 2 aliphatic rings. The highest BCUT2D eigenvalue weighted by atomic mass is 28.4. The summed E-state index contributed by atoms with van der Waals surface area (Å²) in [4.78, 5) is 21.5. The zero-order valence-electron chi connectivity index (χ0n) is 21.8. The monoisotopic (exact) mass is 496 g/mol. The first-order valence-electron chi connectivity index (χ1n) is 12.7. The number of carbonyl (C=O) groups is 1. The minimum absolute atomic E-state index is 0.00283. The summed E-state index contributed by atoms with van der Waals surface area (Å²) in [5, 5.41) is 2.13. The van der Waals surface area contributed by atoms with Crippen molar-refractivity contribution >= 4 is 14.4 Å². The van der Waals surface area contributed by atoms with Crippen LogP contribution in [0.5, 0.6) is 0 Å². The van der Waals surface area contributed by atoms with Gasteiger partial charge in [0, 0.05) is 19.6 Å². The van der Waals surface area contributed by atoms with Gasteiger partial charge in [-0.25, -0.2) is 4.79 Å². The maximum Gasteiger partial charge on any atom is 0.410 e. The fraction of sp³-hybridized carbons (Fsp3) is 0.536. The van der Waals surface area contributed by atoms with E-state index in [4.69, 9.17) is 14.0 Å². The fourth-order valence-corrected chi connectivity index (χ4v) is 5.96. The van der Waals surface area contributed by atoms with E-state index in [0.717, 1.165) is 31.5 Å². The highest BCUT2D eigenvalue weighted by Crippen LogP contribution is 2.40. The number of amides is 1. The van der Waals surface area contributed by atoms with Gasteiger partial charge in [-0.1, -0.05) is 81.4 Å². The van der Waals surface area contributed by atoms with Crippen molar-refractivity contribution in [1.82, 2.24) is 9.96 Å². The lowest BCUT2D eigenvalue weighted by atomic mass is 10.1. The van der Waals surface area contributed by atoms with Gasteiger partial charge in [0.25, 0.3) is 0 Å². The van der Waals surface area contributed by atoms with Crippen molar-refractivity contribution in [2.75, 3.05) is 13.1 Å². The summed E-state index contributed by atoms with van der Waals surface area (Å²) < 4.78 is 12.5. The summed E-state index contributed by atoms with van der Waals surface area (Å²) in [7, 11) is -1.97. The number of nitrogens with zero attached hydrogens (tertiary/aromatic N) is 2. The summed E-state index contributed by atoms with van der Waals surface area (Å²) in [5.74, 6) is 0. The smallest absolute Gasteiger partial charge is 0.410 e. The highest BCUT2D eigenvalue weighted by Gasteiger charge is 2.47. The largest absolute Gasteiger partial charge is 0.445 e. The molecule has 0 saturated carbocycles. The third kappa shape index (κ3) is 6.53. The van der Waals surface area contributed by atoms with Crippen molar-refractivity contribution in [1.29, 1.82) is 0 Å². The van der Waals surface area contributed by atoms with E-state index in [1.807, 2.05) is 58.5 Å². The molecule has 2 aromatic rings. The van der Waals surface area contributed by atoms with E-state index < -0.39 is 8.32 Å². The standard InChI is InChI=1S/C28H40N2O4Si/c1-28(2,3)35(4,5)34-24-18-25(26-16-17-29(33-26)19-22-12-8-6-9-13-22)30(20-24)27(31)32-21-23-14-10-7-11-15-23/h6-15,24-26H,16-21H2,1-5H3/t24-,25+,26-/m1/s1. The Morgan fingerprint density at radius 1 is 1.03 bits per heavy atom. The number of hydroxylamine groups is 2. The van der Waals surface area contributed by atoms with Crippen molar-refractivity contribution in [3.63, 3.8) is 0 Å². The van der Waals surface area contributed by atoms with Crippen LogP contribution in [0.25, 0.3) is 0 Å². The first kappa shape index (κ1) is 25.9. The second kappa shape index (κ2) is 10.8. The molecule has 2 aliphatic heterocycles. The number of ether oxygens (including phenoxy) is 1. The summed E-state index contributed by atoms with van der Waals surface area (Å²) in [6.45, 7) is 13.7. The van der Waals surface area contributed by atoms with E-state index in [-0.39, 0.29) is 36.0 Å². The molecule has 190 valence electrons. The Labute approximate surface area is 211 Å². The first-order chi connectivity index (χ1) is 16.6. The van der Waals surface area contributed by atoms with E-state index in [9.17, 15) is 4.79 Å². The first-order valence-corrected chi connectivity index (χ1v) is 15.6. The van der Waals surface area contributed by atoms with Crippen LogP contribution in [0.15, 0.2) is 60.7 Å². The van der Waals surface area contributed by atoms with Crippen molar-refractivity contribution in [3.05, 3.63) is 71.8 Å². The second-order valence-corrected chi connectivity index (χ2v) is 16.0. The third-order valence-electron chi connectivity index (χ3n) is 7.59. The van der Waals surface area contributed by atoms with Gasteiger partial charge in [-0.15, -0.1) is 0 Å². The van der Waals surface area contributed by atoms with Gasteiger partial charge in [-0.3, -0.25) is 9.74 Å². The predicted octanol–water partition coefficient (Wildman–Crippen LogP) is 5.99. The molecule has 7 heteroatoms. The van der Waals surface area contributed by atoms with Crippen molar-refractivity contribution in [2.45, 2.75) is 83.1 Å². The Balaban J connectivity index is 1.44. The van der Waals surface area contributed by atoms with Gasteiger partial charge in [0.15, 0.2) is 8.32 Å². The number of carbonyl (C=O) groups excluding carboxylic acids is 1. The lowest BCUT2D eigenvalue weighted by Gasteiger charge is -2.38. The number of rotatable bonds is 7. The van der Waals surface area contributed by atoms with Crippen LogP contribution >= 0.6 is 0 Å². The summed E-state index contributed by atoms with van der Waals surface area (Å²) in [6, 6.07) is 20.1. The van der Waals surface area contributed by atoms with Gasteiger partial charge in [0.05, 0.1) is 12.1 Å². The molecule has 0 bridgehead atoms. The highest BCUT2D eigenvalue weighted by molar-refractivity contribution is 6.74. The molecule has 2 aromatic carbocycles. The van der Waals surface area contributed by atoms with E-state index in [0.29, 0.717) is 6.54 Å². The maximum absolute atomic E-state index is 13.3. The SMILES string of the molecule is CC(C)(C)[Si](C)(C)O[C@@H]1C[C@@H]([C@H]2CCN(Cc3ccccc3)O2)N(C(=O)OCc2ccccc2)C1. The molecule has 0 radical (unpaired) electrons. The molecule has 1 amide bonds. The number of likely N-dealkylation sites (tertiary alicyclic amines) is 1. The van der Waals surface area contributed by atoms with Gasteiger partial charge in [0.1, 0.15) is 12.7 Å². The van der Waals surface area contributed by atoms with Crippen LogP contribution in [0.2, 0.25) is 18.1 Å². The molecule has 0 aromatic heterocycles. The second-order valence-electron chi connectivity index (χ2n) is 11.3. The van der Waals surface area contributed by atoms with Crippen LogP contribution in [0.3, 0.4) is 0 Å². The van der Waals surface area contributed by atoms with Gasteiger partial charge in [0.2, 0.25) is 0 Å². The molecular formula is C28H40N2O4Si. The molecule has 6 nitrogen and oxygen atoms in total. The van der Waals surface area contributed by atoms with Crippen molar-refractivity contribution in [3.8, 4) is 0 Å². The molecule has 0 N–H and O–H groups in total. The van der Waals surface area contributed by atoms with Gasteiger partial charge < -0.3 is 9.16 Å². The maximum atomic E-state index is 13.3. The Hall–Kier alpha value is -2.19. The third-order valence-corrected chi connectivity index (χ3v) is 12.1. The van der Waals surface area contributed by atoms with E-state index in [2.05, 4.69) is 46.0 Å². The average Bonchev–Trinajstić information content (AvgIpc) is 3.45. The van der Waals surface area contributed by atoms with Gasteiger partial charge >= 0.3 is 6.09 Å². The fourth-order valence-electron chi connectivity index (χ4n) is 4.60. The Kier molecular flexibility index (Phi) is 8.01. The molecule has 0 aliphatic carbocycles. The van der Waals surface area contributed by atoms with E-state index >= 15 is 0 Å². The minimum atomic E-state index is -1.97. The minimum Gasteiger partial charge on any atom is -0.445 e.